The summed E-state index contributed by atoms with van der Waals surface area (Å²) in [5.41, 5.74) is 3.43. The van der Waals surface area contributed by atoms with E-state index in [-0.39, 0.29) is 0 Å². The number of hydrogen-bond acceptors (Lipinski definition) is 5. The SMILES string of the molecule is C=C1C=CC=CN1/C=C(\C)CCc1cncnc1N[C@@H](CCC)CCS.CC. The van der Waals surface area contributed by atoms with Gasteiger partial charge in [0.2, 0.25) is 0 Å². The van der Waals surface area contributed by atoms with E-state index >= 15 is 0 Å². The Balaban J connectivity index is 0.00000190. The second-order valence-corrected chi connectivity index (χ2v) is 7.06. The topological polar surface area (TPSA) is 41.1 Å². The molecule has 4 nitrogen and oxygen atoms in total. The van der Waals surface area contributed by atoms with Crippen molar-refractivity contribution in [2.24, 2.45) is 0 Å². The first-order valence-electron chi connectivity index (χ1n) is 10.3. The van der Waals surface area contributed by atoms with Gasteiger partial charge in [0, 0.05) is 35.9 Å². The predicted octanol–water partition coefficient (Wildman–Crippen LogP) is 6.14. The maximum Gasteiger partial charge on any atom is 0.132 e. The highest BCUT2D eigenvalue weighted by Crippen LogP contribution is 2.20. The van der Waals surface area contributed by atoms with Gasteiger partial charge in [-0.05, 0) is 50.5 Å². The molecular formula is C23H36N4S. The summed E-state index contributed by atoms with van der Waals surface area (Å²) in [5.74, 6) is 1.83. The van der Waals surface area contributed by atoms with Crippen LogP contribution in [0.15, 0.2) is 61.0 Å². The van der Waals surface area contributed by atoms with Crippen molar-refractivity contribution < 1.29 is 0 Å². The lowest BCUT2D eigenvalue weighted by atomic mass is 10.1. The predicted molar refractivity (Wildman–Crippen MR) is 126 cm³/mol. The standard InChI is InChI=1S/C21H30N4S.C2H6/c1-4-7-20(11-13-26)24-21-19(14-22-16-23-21)10-9-17(2)15-25-12-6-5-8-18(25)3;1-2/h5-6,8,12,14-16,20,26H,3-4,7,9-11,13H2,1-2H3,(H,22,23,24);1-2H3/b17-15+;/t20-;/m0./s1. The number of anilines is 1. The Hall–Kier alpha value is -2.01. The van der Waals surface area contributed by atoms with E-state index in [0.717, 1.165) is 54.9 Å². The fourth-order valence-corrected chi connectivity index (χ4v) is 3.22. The molecule has 0 saturated carbocycles. The number of thiol groups is 1. The van der Waals surface area contributed by atoms with Gasteiger partial charge in [0.25, 0.3) is 0 Å². The van der Waals surface area contributed by atoms with Crippen LogP contribution in [0.5, 0.6) is 0 Å². The van der Waals surface area contributed by atoms with Gasteiger partial charge in [0.05, 0.1) is 0 Å². The highest BCUT2D eigenvalue weighted by atomic mass is 32.1. The van der Waals surface area contributed by atoms with Crippen molar-refractivity contribution in [2.45, 2.75) is 65.8 Å². The molecule has 1 N–H and O–H groups in total. The molecule has 0 amide bonds. The van der Waals surface area contributed by atoms with Crippen molar-refractivity contribution in [1.82, 2.24) is 14.9 Å². The first-order chi connectivity index (χ1) is 13.6. The number of allylic oxidation sites excluding steroid dienone is 4. The van der Waals surface area contributed by atoms with Crippen LogP contribution in [0.2, 0.25) is 0 Å². The molecule has 2 rings (SSSR count). The molecule has 28 heavy (non-hydrogen) atoms. The molecule has 5 heteroatoms. The summed E-state index contributed by atoms with van der Waals surface area (Å²) < 4.78 is 0. The van der Waals surface area contributed by atoms with Gasteiger partial charge >= 0.3 is 0 Å². The van der Waals surface area contributed by atoms with Gasteiger partial charge < -0.3 is 10.2 Å². The summed E-state index contributed by atoms with van der Waals surface area (Å²) in [5, 5.41) is 3.60. The molecule has 0 bridgehead atoms. The molecule has 0 unspecified atom stereocenters. The third-order valence-corrected chi connectivity index (χ3v) is 4.63. The molecule has 2 heterocycles. The first-order valence-corrected chi connectivity index (χ1v) is 10.9. The average Bonchev–Trinajstić information content (AvgIpc) is 2.71. The summed E-state index contributed by atoms with van der Waals surface area (Å²) in [6.07, 6.45) is 18.9. The van der Waals surface area contributed by atoms with Crippen molar-refractivity contribution in [3.05, 3.63) is 66.6 Å². The lowest BCUT2D eigenvalue weighted by Gasteiger charge is -2.20. The maximum absolute atomic E-state index is 4.48. The van der Waals surface area contributed by atoms with E-state index in [1.807, 2.05) is 44.5 Å². The van der Waals surface area contributed by atoms with Gasteiger partial charge in [-0.25, -0.2) is 9.97 Å². The molecule has 1 aromatic rings. The lowest BCUT2D eigenvalue weighted by Crippen LogP contribution is -2.21. The van der Waals surface area contributed by atoms with Crippen LogP contribution in [0.1, 0.15) is 58.9 Å². The normalized spacial score (nSPS) is 14.5. The first kappa shape index (κ1) is 24.0. The largest absolute Gasteiger partial charge is 0.367 e. The van der Waals surface area contributed by atoms with E-state index < -0.39 is 0 Å². The summed E-state index contributed by atoms with van der Waals surface area (Å²) in [4.78, 5) is 10.8. The average molecular weight is 401 g/mol. The van der Waals surface area contributed by atoms with Crippen LogP contribution in [0, 0.1) is 0 Å². The minimum absolute atomic E-state index is 0.413. The van der Waals surface area contributed by atoms with Crippen molar-refractivity contribution in [2.75, 3.05) is 11.1 Å². The van der Waals surface area contributed by atoms with Crippen LogP contribution in [0.25, 0.3) is 0 Å². The Labute approximate surface area is 177 Å². The molecule has 1 aliphatic heterocycles. The van der Waals surface area contributed by atoms with Crippen molar-refractivity contribution >= 4 is 18.4 Å². The number of aromatic nitrogens is 2. The number of nitrogens with zero attached hydrogens (tertiary/aromatic N) is 3. The van der Waals surface area contributed by atoms with E-state index in [1.54, 1.807) is 6.33 Å². The van der Waals surface area contributed by atoms with Crippen LogP contribution in [0.3, 0.4) is 0 Å². The van der Waals surface area contributed by atoms with Gasteiger partial charge in [-0.15, -0.1) is 0 Å². The zero-order valence-electron chi connectivity index (χ0n) is 17.9. The van der Waals surface area contributed by atoms with Crippen LogP contribution in [-0.2, 0) is 6.42 Å². The van der Waals surface area contributed by atoms with Gasteiger partial charge in [-0.2, -0.15) is 12.6 Å². The molecule has 1 aromatic heterocycles. The minimum Gasteiger partial charge on any atom is -0.367 e. The summed E-state index contributed by atoms with van der Waals surface area (Å²) >= 11 is 4.38. The Bertz CT molecular complexity index is 673. The van der Waals surface area contributed by atoms with Crippen molar-refractivity contribution in [3.63, 3.8) is 0 Å². The Morgan fingerprint density at radius 3 is 2.79 bits per heavy atom. The highest BCUT2D eigenvalue weighted by Gasteiger charge is 2.11. The Morgan fingerprint density at radius 2 is 2.11 bits per heavy atom. The molecule has 0 aliphatic carbocycles. The molecule has 0 fully saturated rings. The number of nitrogens with one attached hydrogen (secondary N) is 1. The van der Waals surface area contributed by atoms with E-state index in [1.165, 1.54) is 5.57 Å². The van der Waals surface area contributed by atoms with E-state index in [2.05, 4.69) is 59.4 Å². The highest BCUT2D eigenvalue weighted by molar-refractivity contribution is 7.80. The Morgan fingerprint density at radius 1 is 1.32 bits per heavy atom. The third kappa shape index (κ3) is 8.34. The molecular weight excluding hydrogens is 364 g/mol. The fraction of sp³-hybridized carbons (Fsp3) is 0.478. The number of hydrogen-bond donors (Lipinski definition) is 2. The zero-order chi connectivity index (χ0) is 20.8. The smallest absolute Gasteiger partial charge is 0.132 e. The lowest BCUT2D eigenvalue weighted by molar-refractivity contribution is 0.623. The van der Waals surface area contributed by atoms with Crippen LogP contribution >= 0.6 is 12.6 Å². The van der Waals surface area contributed by atoms with E-state index in [9.17, 15) is 0 Å². The van der Waals surface area contributed by atoms with Gasteiger partial charge in [-0.3, -0.25) is 0 Å². The third-order valence-electron chi connectivity index (χ3n) is 4.37. The summed E-state index contributed by atoms with van der Waals surface area (Å²) in [6, 6.07) is 0.413. The maximum atomic E-state index is 4.48. The van der Waals surface area contributed by atoms with Gasteiger partial charge in [0.1, 0.15) is 12.1 Å². The Kier molecular flexibility index (Phi) is 12.1. The van der Waals surface area contributed by atoms with Crippen LogP contribution < -0.4 is 5.32 Å². The number of aryl methyl sites for hydroxylation is 1. The molecule has 0 spiro atoms. The second kappa shape index (κ2) is 14.1. The molecule has 0 aromatic carbocycles. The monoisotopic (exact) mass is 400 g/mol. The van der Waals surface area contributed by atoms with Crippen LogP contribution in [-0.4, -0.2) is 26.7 Å². The van der Waals surface area contributed by atoms with Crippen molar-refractivity contribution in [1.29, 1.82) is 0 Å². The summed E-state index contributed by atoms with van der Waals surface area (Å²) in [7, 11) is 0. The molecule has 154 valence electrons. The van der Waals surface area contributed by atoms with Crippen molar-refractivity contribution in [3.8, 4) is 0 Å². The molecule has 0 saturated heterocycles. The summed E-state index contributed by atoms with van der Waals surface area (Å²) in [6.45, 7) is 12.4. The minimum atomic E-state index is 0.413. The fourth-order valence-electron chi connectivity index (χ4n) is 2.91. The molecule has 1 atom stereocenters. The number of rotatable bonds is 10. The zero-order valence-corrected chi connectivity index (χ0v) is 18.8. The van der Waals surface area contributed by atoms with E-state index in [0.29, 0.717) is 6.04 Å². The van der Waals surface area contributed by atoms with E-state index in [4.69, 9.17) is 0 Å². The van der Waals surface area contributed by atoms with Gasteiger partial charge in [-0.1, -0.05) is 45.4 Å². The van der Waals surface area contributed by atoms with Crippen LogP contribution in [0.4, 0.5) is 5.82 Å². The van der Waals surface area contributed by atoms with Gasteiger partial charge in [0.15, 0.2) is 0 Å². The molecule has 0 radical (unpaired) electrons. The molecule has 1 aliphatic rings. The quantitative estimate of drug-likeness (QED) is 0.463. The second-order valence-electron chi connectivity index (χ2n) is 6.61.